The SMILES string of the molecule is CCS(=O)(=O)CCNCc1ccc(Br)o1. The first-order valence-electron chi connectivity index (χ1n) is 4.69. The van der Waals surface area contributed by atoms with Crippen molar-refractivity contribution in [2.24, 2.45) is 0 Å². The monoisotopic (exact) mass is 295 g/mol. The van der Waals surface area contributed by atoms with Crippen LogP contribution in [0.5, 0.6) is 0 Å². The topological polar surface area (TPSA) is 59.3 Å². The van der Waals surface area contributed by atoms with Crippen molar-refractivity contribution in [3.8, 4) is 0 Å². The molecule has 86 valence electrons. The zero-order valence-electron chi connectivity index (χ0n) is 8.49. The highest BCUT2D eigenvalue weighted by molar-refractivity contribution is 9.10. The van der Waals surface area contributed by atoms with Crippen LogP contribution in [0.4, 0.5) is 0 Å². The summed E-state index contributed by atoms with van der Waals surface area (Å²) in [5.74, 6) is 1.16. The summed E-state index contributed by atoms with van der Waals surface area (Å²) in [7, 11) is -2.87. The molecule has 0 aliphatic rings. The van der Waals surface area contributed by atoms with E-state index < -0.39 is 9.84 Å². The van der Waals surface area contributed by atoms with Crippen LogP contribution in [0.15, 0.2) is 21.2 Å². The third kappa shape index (κ3) is 4.81. The number of sulfone groups is 1. The number of rotatable bonds is 6. The molecule has 0 fully saturated rings. The predicted molar refractivity (Wildman–Crippen MR) is 62.4 cm³/mol. The van der Waals surface area contributed by atoms with Crippen molar-refractivity contribution in [2.75, 3.05) is 18.1 Å². The van der Waals surface area contributed by atoms with Crippen LogP contribution in [0.1, 0.15) is 12.7 Å². The van der Waals surface area contributed by atoms with Crippen LogP contribution in [0.2, 0.25) is 0 Å². The van der Waals surface area contributed by atoms with E-state index in [2.05, 4.69) is 21.2 Å². The van der Waals surface area contributed by atoms with Crippen molar-refractivity contribution in [3.05, 3.63) is 22.6 Å². The highest BCUT2D eigenvalue weighted by Gasteiger charge is 2.06. The molecule has 4 nitrogen and oxygen atoms in total. The molecule has 0 aliphatic heterocycles. The molecule has 1 heterocycles. The van der Waals surface area contributed by atoms with E-state index in [1.54, 1.807) is 13.0 Å². The van der Waals surface area contributed by atoms with Crippen molar-refractivity contribution >= 4 is 25.8 Å². The first-order valence-corrected chi connectivity index (χ1v) is 7.30. The Morgan fingerprint density at radius 2 is 2.20 bits per heavy atom. The van der Waals surface area contributed by atoms with E-state index in [4.69, 9.17) is 4.42 Å². The standard InChI is InChI=1S/C9H14BrNO3S/c1-2-15(12,13)6-5-11-7-8-3-4-9(10)14-8/h3-4,11H,2,5-7H2,1H3. The Kier molecular flexibility index (Phi) is 4.82. The zero-order chi connectivity index (χ0) is 11.3. The molecule has 0 amide bonds. The van der Waals surface area contributed by atoms with Gasteiger partial charge in [0, 0.05) is 12.3 Å². The summed E-state index contributed by atoms with van der Waals surface area (Å²) in [5.41, 5.74) is 0. The van der Waals surface area contributed by atoms with E-state index in [0.29, 0.717) is 17.8 Å². The van der Waals surface area contributed by atoms with Gasteiger partial charge >= 0.3 is 0 Å². The fourth-order valence-electron chi connectivity index (χ4n) is 1.03. The molecule has 0 spiro atoms. The molecule has 0 atom stereocenters. The Hall–Kier alpha value is -0.330. The molecular weight excluding hydrogens is 282 g/mol. The van der Waals surface area contributed by atoms with Crippen LogP contribution < -0.4 is 5.32 Å². The van der Waals surface area contributed by atoms with Crippen LogP contribution in [0.3, 0.4) is 0 Å². The normalized spacial score (nSPS) is 11.9. The molecule has 0 radical (unpaired) electrons. The molecule has 1 aromatic heterocycles. The predicted octanol–water partition coefficient (Wildman–Crippen LogP) is 1.57. The van der Waals surface area contributed by atoms with Gasteiger partial charge in [0.15, 0.2) is 14.5 Å². The molecule has 0 saturated carbocycles. The van der Waals surface area contributed by atoms with Crippen molar-refractivity contribution in [2.45, 2.75) is 13.5 Å². The third-order valence-electron chi connectivity index (χ3n) is 1.96. The van der Waals surface area contributed by atoms with Gasteiger partial charge in [-0.2, -0.15) is 0 Å². The van der Waals surface area contributed by atoms with Gasteiger partial charge in [0.05, 0.1) is 12.3 Å². The summed E-state index contributed by atoms with van der Waals surface area (Å²) in [5, 5.41) is 3.01. The van der Waals surface area contributed by atoms with E-state index in [0.717, 1.165) is 5.76 Å². The van der Waals surface area contributed by atoms with Crippen LogP contribution in [0, 0.1) is 0 Å². The van der Waals surface area contributed by atoms with Crippen molar-refractivity contribution in [1.29, 1.82) is 0 Å². The maximum atomic E-state index is 11.1. The lowest BCUT2D eigenvalue weighted by Crippen LogP contribution is -2.23. The average molecular weight is 296 g/mol. The molecule has 1 rings (SSSR count). The van der Waals surface area contributed by atoms with Gasteiger partial charge in [0.25, 0.3) is 0 Å². The van der Waals surface area contributed by atoms with Gasteiger partial charge in [0.2, 0.25) is 0 Å². The molecule has 6 heteroatoms. The lowest BCUT2D eigenvalue weighted by molar-refractivity contribution is 0.469. The maximum absolute atomic E-state index is 11.1. The number of hydrogen-bond acceptors (Lipinski definition) is 4. The summed E-state index contributed by atoms with van der Waals surface area (Å²) in [6.45, 7) is 2.65. The van der Waals surface area contributed by atoms with Crippen LogP contribution >= 0.6 is 15.9 Å². The second kappa shape index (κ2) is 5.67. The Bertz CT molecular complexity index is 399. The molecule has 0 aliphatic carbocycles. The third-order valence-corrected chi connectivity index (χ3v) is 4.09. The Labute approximate surface area is 98.1 Å². The van der Waals surface area contributed by atoms with Gasteiger partial charge in [0.1, 0.15) is 5.76 Å². The largest absolute Gasteiger partial charge is 0.453 e. The molecule has 0 bridgehead atoms. The van der Waals surface area contributed by atoms with Crippen LogP contribution in [-0.2, 0) is 16.4 Å². The Morgan fingerprint density at radius 1 is 1.47 bits per heavy atom. The number of halogens is 1. The summed E-state index contributed by atoms with van der Waals surface area (Å²) < 4.78 is 28.2. The molecule has 15 heavy (non-hydrogen) atoms. The smallest absolute Gasteiger partial charge is 0.169 e. The minimum atomic E-state index is -2.87. The summed E-state index contributed by atoms with van der Waals surface area (Å²) in [4.78, 5) is 0. The van der Waals surface area contributed by atoms with Crippen molar-refractivity contribution in [3.63, 3.8) is 0 Å². The first kappa shape index (κ1) is 12.7. The van der Waals surface area contributed by atoms with E-state index >= 15 is 0 Å². The molecule has 1 aromatic rings. The van der Waals surface area contributed by atoms with Gasteiger partial charge in [-0.3, -0.25) is 0 Å². The van der Waals surface area contributed by atoms with Gasteiger partial charge in [-0.1, -0.05) is 6.92 Å². The fraction of sp³-hybridized carbons (Fsp3) is 0.556. The quantitative estimate of drug-likeness (QED) is 0.810. The highest BCUT2D eigenvalue weighted by atomic mass is 79.9. The molecule has 1 N–H and O–H groups in total. The van der Waals surface area contributed by atoms with Crippen LogP contribution in [-0.4, -0.2) is 26.5 Å². The zero-order valence-corrected chi connectivity index (χ0v) is 10.9. The molecule has 0 unspecified atom stereocenters. The Balaban J connectivity index is 2.23. The molecule has 0 aromatic carbocycles. The van der Waals surface area contributed by atoms with E-state index in [1.165, 1.54) is 0 Å². The van der Waals surface area contributed by atoms with E-state index in [9.17, 15) is 8.42 Å². The Morgan fingerprint density at radius 3 is 2.73 bits per heavy atom. The van der Waals surface area contributed by atoms with Gasteiger partial charge in [-0.15, -0.1) is 0 Å². The van der Waals surface area contributed by atoms with Gasteiger partial charge in [-0.05, 0) is 28.1 Å². The average Bonchev–Trinajstić information content (AvgIpc) is 2.59. The fourth-order valence-corrected chi connectivity index (χ4v) is 2.11. The number of furan rings is 1. The van der Waals surface area contributed by atoms with E-state index in [1.807, 2.05) is 6.07 Å². The van der Waals surface area contributed by atoms with Gasteiger partial charge in [-0.25, -0.2) is 8.42 Å². The van der Waals surface area contributed by atoms with Crippen molar-refractivity contribution in [1.82, 2.24) is 5.32 Å². The second-order valence-electron chi connectivity index (χ2n) is 3.12. The summed E-state index contributed by atoms with van der Waals surface area (Å²) in [6.07, 6.45) is 0. The molecular formula is C9H14BrNO3S. The summed E-state index contributed by atoms with van der Waals surface area (Å²) >= 11 is 3.19. The lowest BCUT2D eigenvalue weighted by atomic mass is 10.4. The second-order valence-corrected chi connectivity index (χ2v) is 6.37. The van der Waals surface area contributed by atoms with Gasteiger partial charge < -0.3 is 9.73 Å². The maximum Gasteiger partial charge on any atom is 0.169 e. The minimum absolute atomic E-state index is 0.172. The van der Waals surface area contributed by atoms with Crippen molar-refractivity contribution < 1.29 is 12.8 Å². The minimum Gasteiger partial charge on any atom is -0.453 e. The first-order chi connectivity index (χ1) is 7.03. The number of hydrogen-bond donors (Lipinski definition) is 1. The number of nitrogens with one attached hydrogen (secondary N) is 1. The van der Waals surface area contributed by atoms with Crippen LogP contribution in [0.25, 0.3) is 0 Å². The van der Waals surface area contributed by atoms with E-state index in [-0.39, 0.29) is 11.5 Å². The highest BCUT2D eigenvalue weighted by Crippen LogP contribution is 2.13. The lowest BCUT2D eigenvalue weighted by Gasteiger charge is -2.02. The molecule has 0 saturated heterocycles. The summed E-state index contributed by atoms with van der Waals surface area (Å²) in [6, 6.07) is 3.64.